The largest absolute Gasteiger partial charge is 0.298 e. The molecular formula is C11H12N6OS. The molecule has 3 aromatic heterocycles. The number of rotatable bonds is 4. The van der Waals surface area contributed by atoms with E-state index in [4.69, 9.17) is 0 Å². The van der Waals surface area contributed by atoms with Crippen molar-refractivity contribution in [3.63, 3.8) is 0 Å². The zero-order valence-corrected chi connectivity index (χ0v) is 11.1. The molecule has 0 unspecified atom stereocenters. The predicted octanol–water partition coefficient (Wildman–Crippen LogP) is 0.912. The van der Waals surface area contributed by atoms with Gasteiger partial charge in [-0.15, -0.1) is 21.5 Å². The smallest absolute Gasteiger partial charge is 0.271 e. The highest BCUT2D eigenvalue weighted by atomic mass is 32.1. The SMILES string of the molecule is Cc1csc2c(=O)n(CCCc3nn[nH]n3)cnc12. The molecule has 0 atom stereocenters. The van der Waals surface area contributed by atoms with Crippen LogP contribution in [0, 0.1) is 6.92 Å². The molecule has 0 saturated carbocycles. The molecule has 7 nitrogen and oxygen atoms in total. The highest BCUT2D eigenvalue weighted by molar-refractivity contribution is 7.17. The number of nitrogens with one attached hydrogen (secondary N) is 1. The highest BCUT2D eigenvalue weighted by Crippen LogP contribution is 2.19. The maximum Gasteiger partial charge on any atom is 0.271 e. The van der Waals surface area contributed by atoms with Crippen molar-refractivity contribution in [2.45, 2.75) is 26.3 Å². The van der Waals surface area contributed by atoms with Crippen LogP contribution in [0.5, 0.6) is 0 Å². The fraction of sp³-hybridized carbons (Fsp3) is 0.364. The van der Waals surface area contributed by atoms with Gasteiger partial charge in [-0.05, 0) is 24.3 Å². The molecule has 3 heterocycles. The summed E-state index contributed by atoms with van der Waals surface area (Å²) in [6.07, 6.45) is 3.07. The van der Waals surface area contributed by atoms with Crippen LogP contribution in [-0.4, -0.2) is 30.2 Å². The lowest BCUT2D eigenvalue weighted by Crippen LogP contribution is -2.20. The number of hydrogen-bond donors (Lipinski definition) is 1. The molecule has 19 heavy (non-hydrogen) atoms. The average Bonchev–Trinajstić information content (AvgIpc) is 3.03. The summed E-state index contributed by atoms with van der Waals surface area (Å²) in [6.45, 7) is 2.57. The molecule has 0 bridgehead atoms. The van der Waals surface area contributed by atoms with Gasteiger partial charge in [0.1, 0.15) is 4.70 Å². The summed E-state index contributed by atoms with van der Waals surface area (Å²) < 4.78 is 2.36. The van der Waals surface area contributed by atoms with E-state index in [9.17, 15) is 4.79 Å². The predicted molar refractivity (Wildman–Crippen MR) is 71.1 cm³/mol. The molecule has 0 amide bonds. The lowest BCUT2D eigenvalue weighted by Gasteiger charge is -2.03. The third kappa shape index (κ3) is 2.26. The molecule has 0 radical (unpaired) electrons. The maximum absolute atomic E-state index is 12.2. The van der Waals surface area contributed by atoms with E-state index in [1.54, 1.807) is 10.9 Å². The third-order valence-corrected chi connectivity index (χ3v) is 3.99. The summed E-state index contributed by atoms with van der Waals surface area (Å²) in [5, 5.41) is 15.6. The number of aromatic nitrogens is 6. The van der Waals surface area contributed by atoms with Crippen molar-refractivity contribution in [3.8, 4) is 0 Å². The topological polar surface area (TPSA) is 89.4 Å². The van der Waals surface area contributed by atoms with Crippen molar-refractivity contribution >= 4 is 21.6 Å². The van der Waals surface area contributed by atoms with Gasteiger partial charge in [0.25, 0.3) is 5.56 Å². The summed E-state index contributed by atoms with van der Waals surface area (Å²) in [5.41, 5.74) is 1.89. The van der Waals surface area contributed by atoms with Gasteiger partial charge in [-0.3, -0.25) is 9.36 Å². The molecule has 0 aliphatic rings. The van der Waals surface area contributed by atoms with Gasteiger partial charge in [0.15, 0.2) is 5.82 Å². The Morgan fingerprint density at radius 1 is 1.47 bits per heavy atom. The van der Waals surface area contributed by atoms with Gasteiger partial charge in [-0.1, -0.05) is 5.21 Å². The molecule has 3 rings (SSSR count). The first-order valence-corrected chi connectivity index (χ1v) is 6.79. The Hall–Kier alpha value is -2.09. The van der Waals surface area contributed by atoms with Crippen LogP contribution in [0.1, 0.15) is 17.8 Å². The number of aromatic amines is 1. The Kier molecular flexibility index (Phi) is 3.08. The Morgan fingerprint density at radius 2 is 2.37 bits per heavy atom. The first-order valence-electron chi connectivity index (χ1n) is 5.91. The third-order valence-electron chi connectivity index (χ3n) is 2.91. The van der Waals surface area contributed by atoms with Crippen molar-refractivity contribution in [1.29, 1.82) is 0 Å². The minimum atomic E-state index is 0.0243. The molecule has 0 spiro atoms. The number of fused-ring (bicyclic) bond motifs is 1. The van der Waals surface area contributed by atoms with E-state index in [0.717, 1.165) is 22.2 Å². The number of aryl methyl sites for hydroxylation is 3. The second kappa shape index (κ2) is 4.88. The molecule has 0 aliphatic carbocycles. The van der Waals surface area contributed by atoms with Crippen molar-refractivity contribution in [1.82, 2.24) is 30.2 Å². The number of tetrazole rings is 1. The fourth-order valence-corrected chi connectivity index (χ4v) is 2.87. The average molecular weight is 276 g/mol. The van der Waals surface area contributed by atoms with Crippen molar-refractivity contribution < 1.29 is 0 Å². The van der Waals surface area contributed by atoms with Crippen LogP contribution in [0.3, 0.4) is 0 Å². The van der Waals surface area contributed by atoms with E-state index < -0.39 is 0 Å². The Bertz CT molecular complexity index is 744. The molecule has 1 N–H and O–H groups in total. The molecule has 0 aliphatic heterocycles. The van der Waals surface area contributed by atoms with Gasteiger partial charge >= 0.3 is 0 Å². The summed E-state index contributed by atoms with van der Waals surface area (Å²) in [7, 11) is 0. The van der Waals surface area contributed by atoms with Crippen LogP contribution in [0.4, 0.5) is 0 Å². The van der Waals surface area contributed by atoms with Crippen molar-refractivity contribution in [2.24, 2.45) is 0 Å². The van der Waals surface area contributed by atoms with Crippen LogP contribution in [0.15, 0.2) is 16.5 Å². The molecular weight excluding hydrogens is 264 g/mol. The summed E-state index contributed by atoms with van der Waals surface area (Å²) in [5.74, 6) is 0.661. The summed E-state index contributed by atoms with van der Waals surface area (Å²) in [4.78, 5) is 16.6. The first-order chi connectivity index (χ1) is 9.25. The second-order valence-electron chi connectivity index (χ2n) is 4.27. The van der Waals surface area contributed by atoms with E-state index in [1.807, 2.05) is 12.3 Å². The summed E-state index contributed by atoms with van der Waals surface area (Å²) in [6, 6.07) is 0. The van der Waals surface area contributed by atoms with Crippen LogP contribution >= 0.6 is 11.3 Å². The fourth-order valence-electron chi connectivity index (χ4n) is 1.92. The van der Waals surface area contributed by atoms with Gasteiger partial charge < -0.3 is 0 Å². The van der Waals surface area contributed by atoms with Crippen molar-refractivity contribution in [2.75, 3.05) is 0 Å². The molecule has 8 heteroatoms. The van der Waals surface area contributed by atoms with Gasteiger partial charge in [-0.25, -0.2) is 4.98 Å². The van der Waals surface area contributed by atoms with Crippen LogP contribution in [0.25, 0.3) is 10.2 Å². The zero-order valence-electron chi connectivity index (χ0n) is 10.3. The van der Waals surface area contributed by atoms with Gasteiger partial charge in [0.2, 0.25) is 0 Å². The lowest BCUT2D eigenvalue weighted by atomic mass is 10.3. The van der Waals surface area contributed by atoms with Gasteiger partial charge in [0, 0.05) is 13.0 Å². The van der Waals surface area contributed by atoms with Crippen LogP contribution in [-0.2, 0) is 13.0 Å². The Balaban J connectivity index is 1.78. The van der Waals surface area contributed by atoms with Crippen LogP contribution in [0.2, 0.25) is 0 Å². The van der Waals surface area contributed by atoms with Crippen LogP contribution < -0.4 is 5.56 Å². The molecule has 3 aromatic rings. The number of thiophene rings is 1. The normalized spacial score (nSPS) is 11.2. The number of nitrogens with zero attached hydrogens (tertiary/aromatic N) is 5. The second-order valence-corrected chi connectivity index (χ2v) is 5.15. The molecule has 0 fully saturated rings. The Morgan fingerprint density at radius 3 is 3.16 bits per heavy atom. The standard InChI is InChI=1S/C11H12N6OS/c1-7-5-19-10-9(7)12-6-17(11(10)18)4-2-3-8-13-15-16-14-8/h5-6H,2-4H2,1H3,(H,13,14,15,16). The van der Waals surface area contributed by atoms with E-state index in [1.165, 1.54) is 11.3 Å². The zero-order chi connectivity index (χ0) is 13.2. The van der Waals surface area contributed by atoms with Gasteiger partial charge in [-0.2, -0.15) is 5.21 Å². The minimum absolute atomic E-state index is 0.0243. The quantitative estimate of drug-likeness (QED) is 0.765. The molecule has 0 aromatic carbocycles. The Labute approximate surface area is 112 Å². The summed E-state index contributed by atoms with van der Waals surface area (Å²) >= 11 is 1.45. The highest BCUT2D eigenvalue weighted by Gasteiger charge is 2.08. The van der Waals surface area contributed by atoms with E-state index in [-0.39, 0.29) is 5.56 Å². The van der Waals surface area contributed by atoms with Gasteiger partial charge in [0.05, 0.1) is 11.8 Å². The number of H-pyrrole nitrogens is 1. The minimum Gasteiger partial charge on any atom is -0.298 e. The monoisotopic (exact) mass is 276 g/mol. The van der Waals surface area contributed by atoms with Crippen molar-refractivity contribution in [3.05, 3.63) is 33.4 Å². The maximum atomic E-state index is 12.2. The molecule has 98 valence electrons. The lowest BCUT2D eigenvalue weighted by molar-refractivity contribution is 0.607. The first kappa shape index (κ1) is 12.0. The number of hydrogen-bond acceptors (Lipinski definition) is 6. The van der Waals surface area contributed by atoms with E-state index in [2.05, 4.69) is 25.6 Å². The van der Waals surface area contributed by atoms with E-state index in [0.29, 0.717) is 18.8 Å². The molecule has 0 saturated heterocycles. The van der Waals surface area contributed by atoms with E-state index >= 15 is 0 Å².